The molecular formula is C17H14O2S. The minimum absolute atomic E-state index is 0.614. The molecule has 0 heterocycles. The lowest BCUT2D eigenvalue weighted by atomic mass is 10.1. The highest BCUT2D eigenvalue weighted by molar-refractivity contribution is 7.80. The van der Waals surface area contributed by atoms with Gasteiger partial charge in [-0.3, -0.25) is 0 Å². The molecule has 100 valence electrons. The van der Waals surface area contributed by atoms with Crippen LogP contribution in [0.2, 0.25) is 0 Å². The number of hydrogen-bond donors (Lipinski definition) is 0. The van der Waals surface area contributed by atoms with E-state index in [9.17, 15) is 4.21 Å². The van der Waals surface area contributed by atoms with Gasteiger partial charge in [-0.2, -0.15) is 0 Å². The monoisotopic (exact) mass is 282 g/mol. The summed E-state index contributed by atoms with van der Waals surface area (Å²) in [7, 11) is 0. The molecule has 0 aliphatic carbocycles. The van der Waals surface area contributed by atoms with E-state index in [1.807, 2.05) is 73.7 Å². The van der Waals surface area contributed by atoms with Gasteiger partial charge in [0.2, 0.25) is 11.1 Å². The predicted molar refractivity (Wildman–Crippen MR) is 82.2 cm³/mol. The van der Waals surface area contributed by atoms with E-state index >= 15 is 0 Å². The van der Waals surface area contributed by atoms with Crippen LogP contribution in [0.25, 0.3) is 10.8 Å². The van der Waals surface area contributed by atoms with Crippen LogP contribution >= 0.6 is 0 Å². The molecule has 0 radical (unpaired) electrons. The molecular weight excluding hydrogens is 268 g/mol. The molecule has 3 rings (SSSR count). The summed E-state index contributed by atoms with van der Waals surface area (Å²) < 4.78 is 17.7. The van der Waals surface area contributed by atoms with E-state index in [0.717, 1.165) is 16.3 Å². The summed E-state index contributed by atoms with van der Waals surface area (Å²) in [5.74, 6) is 0.614. The van der Waals surface area contributed by atoms with Crippen LogP contribution < -0.4 is 4.18 Å². The van der Waals surface area contributed by atoms with Crippen LogP contribution in [0.3, 0.4) is 0 Å². The Balaban J connectivity index is 1.85. The molecule has 3 aromatic rings. The number of hydrogen-bond acceptors (Lipinski definition) is 2. The Morgan fingerprint density at radius 2 is 1.55 bits per heavy atom. The molecule has 0 aromatic heterocycles. The van der Waals surface area contributed by atoms with Gasteiger partial charge in [0, 0.05) is 0 Å². The first kappa shape index (κ1) is 12.9. The van der Waals surface area contributed by atoms with E-state index in [1.165, 1.54) is 0 Å². The van der Waals surface area contributed by atoms with E-state index in [-0.39, 0.29) is 0 Å². The minimum atomic E-state index is -1.49. The summed E-state index contributed by atoms with van der Waals surface area (Å²) >= 11 is -1.49. The normalized spacial score (nSPS) is 12.2. The molecule has 0 amide bonds. The van der Waals surface area contributed by atoms with Crippen molar-refractivity contribution in [3.63, 3.8) is 0 Å². The average Bonchev–Trinajstić information content (AvgIpc) is 2.48. The minimum Gasteiger partial charge on any atom is -0.397 e. The number of aryl methyl sites for hydroxylation is 1. The molecule has 0 spiro atoms. The van der Waals surface area contributed by atoms with Crippen molar-refractivity contribution < 1.29 is 8.39 Å². The Bertz CT molecular complexity index is 763. The van der Waals surface area contributed by atoms with E-state index in [4.69, 9.17) is 4.18 Å². The van der Waals surface area contributed by atoms with E-state index in [1.54, 1.807) is 0 Å². The third kappa shape index (κ3) is 2.73. The molecule has 0 fully saturated rings. The maximum absolute atomic E-state index is 12.2. The molecule has 0 saturated heterocycles. The first-order valence-corrected chi connectivity index (χ1v) is 7.45. The lowest BCUT2D eigenvalue weighted by molar-refractivity contribution is 0.562. The van der Waals surface area contributed by atoms with Gasteiger partial charge in [0.25, 0.3) is 0 Å². The SMILES string of the molecule is Cc1ccc(S(=O)Oc2ccc3ccccc3c2)cc1. The van der Waals surface area contributed by atoms with Crippen LogP contribution in [0.5, 0.6) is 5.75 Å². The fourth-order valence-corrected chi connectivity index (χ4v) is 2.74. The second-order valence-electron chi connectivity index (χ2n) is 4.64. The zero-order valence-corrected chi connectivity index (χ0v) is 11.9. The second kappa shape index (κ2) is 5.47. The van der Waals surface area contributed by atoms with Crippen LogP contribution in [-0.4, -0.2) is 4.21 Å². The number of rotatable bonds is 3. The summed E-state index contributed by atoms with van der Waals surface area (Å²) in [5.41, 5.74) is 1.14. The van der Waals surface area contributed by atoms with E-state index < -0.39 is 11.1 Å². The Kier molecular flexibility index (Phi) is 3.52. The van der Waals surface area contributed by atoms with E-state index in [2.05, 4.69) is 0 Å². The summed E-state index contributed by atoms with van der Waals surface area (Å²) in [5, 5.41) is 2.21. The van der Waals surface area contributed by atoms with Crippen molar-refractivity contribution in [2.24, 2.45) is 0 Å². The van der Waals surface area contributed by atoms with Crippen LogP contribution in [0.4, 0.5) is 0 Å². The Labute approximate surface area is 120 Å². The Morgan fingerprint density at radius 1 is 0.850 bits per heavy atom. The van der Waals surface area contributed by atoms with Crippen LogP contribution in [0, 0.1) is 6.92 Å². The smallest absolute Gasteiger partial charge is 0.240 e. The van der Waals surface area contributed by atoms with Gasteiger partial charge in [-0.25, -0.2) is 4.21 Å². The zero-order valence-electron chi connectivity index (χ0n) is 11.1. The van der Waals surface area contributed by atoms with Crippen molar-refractivity contribution in [2.45, 2.75) is 11.8 Å². The fraction of sp³-hybridized carbons (Fsp3) is 0.0588. The molecule has 20 heavy (non-hydrogen) atoms. The summed E-state index contributed by atoms with van der Waals surface area (Å²) in [6.07, 6.45) is 0. The fourth-order valence-electron chi connectivity index (χ4n) is 2.00. The van der Waals surface area contributed by atoms with Gasteiger partial charge in [0.05, 0.1) is 4.90 Å². The number of benzene rings is 3. The van der Waals surface area contributed by atoms with E-state index in [0.29, 0.717) is 10.6 Å². The van der Waals surface area contributed by atoms with Crippen LogP contribution in [0.1, 0.15) is 5.56 Å². The predicted octanol–water partition coefficient (Wildman–Crippen LogP) is 4.25. The molecule has 0 N–H and O–H groups in total. The highest BCUT2D eigenvalue weighted by atomic mass is 32.2. The molecule has 0 aliphatic heterocycles. The third-order valence-electron chi connectivity index (χ3n) is 3.11. The van der Waals surface area contributed by atoms with Crippen molar-refractivity contribution in [3.8, 4) is 5.75 Å². The summed E-state index contributed by atoms with van der Waals surface area (Å²) in [6, 6.07) is 21.2. The maximum Gasteiger partial charge on any atom is 0.240 e. The third-order valence-corrected chi connectivity index (χ3v) is 4.11. The van der Waals surface area contributed by atoms with Gasteiger partial charge >= 0.3 is 0 Å². The Hall–Kier alpha value is -2.13. The van der Waals surface area contributed by atoms with Gasteiger partial charge < -0.3 is 4.18 Å². The van der Waals surface area contributed by atoms with Crippen molar-refractivity contribution in [1.82, 2.24) is 0 Å². The molecule has 0 bridgehead atoms. The Morgan fingerprint density at radius 3 is 2.30 bits per heavy atom. The van der Waals surface area contributed by atoms with Gasteiger partial charge in [-0.15, -0.1) is 0 Å². The van der Waals surface area contributed by atoms with Crippen molar-refractivity contribution >= 4 is 21.9 Å². The van der Waals surface area contributed by atoms with Crippen LogP contribution in [0.15, 0.2) is 71.6 Å². The van der Waals surface area contributed by atoms with Gasteiger partial charge in [0.15, 0.2) is 0 Å². The lowest BCUT2D eigenvalue weighted by Gasteiger charge is -2.06. The van der Waals surface area contributed by atoms with Gasteiger partial charge in [-0.05, 0) is 42.0 Å². The van der Waals surface area contributed by atoms with Crippen molar-refractivity contribution in [3.05, 3.63) is 72.3 Å². The first-order valence-electron chi connectivity index (χ1n) is 6.38. The average molecular weight is 282 g/mol. The van der Waals surface area contributed by atoms with Gasteiger partial charge in [0.1, 0.15) is 5.75 Å². The lowest BCUT2D eigenvalue weighted by Crippen LogP contribution is -2.00. The number of fused-ring (bicyclic) bond motifs is 1. The topological polar surface area (TPSA) is 26.3 Å². The quantitative estimate of drug-likeness (QED) is 0.718. The molecule has 0 aliphatic rings. The highest BCUT2D eigenvalue weighted by Crippen LogP contribution is 2.22. The molecule has 2 nitrogen and oxygen atoms in total. The maximum atomic E-state index is 12.2. The highest BCUT2D eigenvalue weighted by Gasteiger charge is 2.06. The van der Waals surface area contributed by atoms with Crippen molar-refractivity contribution in [1.29, 1.82) is 0 Å². The van der Waals surface area contributed by atoms with Gasteiger partial charge in [-0.1, -0.05) is 48.0 Å². The summed E-state index contributed by atoms with van der Waals surface area (Å²) in [4.78, 5) is 0.670. The van der Waals surface area contributed by atoms with Crippen molar-refractivity contribution in [2.75, 3.05) is 0 Å². The molecule has 1 atom stereocenters. The molecule has 3 aromatic carbocycles. The first-order chi connectivity index (χ1) is 9.72. The summed E-state index contributed by atoms with van der Waals surface area (Å²) in [6.45, 7) is 2.00. The standard InChI is InChI=1S/C17H14O2S/c1-13-6-10-17(11-7-13)20(18)19-16-9-8-14-4-2-3-5-15(14)12-16/h2-12H,1H3. The zero-order chi connectivity index (χ0) is 13.9. The van der Waals surface area contributed by atoms with Crippen LogP contribution in [-0.2, 0) is 11.1 Å². The largest absolute Gasteiger partial charge is 0.397 e. The molecule has 1 unspecified atom stereocenters. The molecule has 3 heteroatoms. The molecule has 0 saturated carbocycles. The second-order valence-corrected chi connectivity index (χ2v) is 5.75.